The van der Waals surface area contributed by atoms with Crippen LogP contribution in [0.2, 0.25) is 0 Å². The molecule has 0 radical (unpaired) electrons. The van der Waals surface area contributed by atoms with Gasteiger partial charge in [-0.25, -0.2) is 4.39 Å². The van der Waals surface area contributed by atoms with Crippen LogP contribution in [0.15, 0.2) is 71.1 Å². The van der Waals surface area contributed by atoms with Gasteiger partial charge < -0.3 is 9.32 Å². The number of furan rings is 1. The number of carbonyl (C=O) groups excluding carboxylic acids is 1. The van der Waals surface area contributed by atoms with Crippen LogP contribution in [-0.2, 0) is 0 Å². The van der Waals surface area contributed by atoms with Crippen LogP contribution in [0.1, 0.15) is 35.0 Å². The standard InChI is InChI=1S/C21H18FNO2/c22-17-10-5-4-9-16(17)19-12-13-20(25-19)21(24)23-14-6-11-18(23)15-7-2-1-3-8-15/h1-5,7-10,12-13,18H,6,11,14H2/t18-/m1/s1. The van der Waals surface area contributed by atoms with Crippen LogP contribution >= 0.6 is 0 Å². The average Bonchev–Trinajstić information content (AvgIpc) is 3.32. The van der Waals surface area contributed by atoms with Crippen molar-refractivity contribution in [3.05, 3.63) is 83.9 Å². The van der Waals surface area contributed by atoms with E-state index in [1.54, 1.807) is 30.3 Å². The molecule has 1 aliphatic rings. The molecule has 3 nitrogen and oxygen atoms in total. The van der Waals surface area contributed by atoms with Gasteiger partial charge in [0, 0.05) is 6.54 Å². The average molecular weight is 335 g/mol. The summed E-state index contributed by atoms with van der Waals surface area (Å²) < 4.78 is 19.6. The molecule has 1 fully saturated rings. The fraction of sp³-hybridized carbons (Fsp3) is 0.190. The first-order valence-corrected chi connectivity index (χ1v) is 8.45. The molecule has 0 spiro atoms. The van der Waals surface area contributed by atoms with Crippen molar-refractivity contribution in [1.82, 2.24) is 4.90 Å². The Morgan fingerprint density at radius 2 is 1.76 bits per heavy atom. The second-order valence-corrected chi connectivity index (χ2v) is 6.21. The number of amides is 1. The predicted octanol–water partition coefficient (Wildman–Crippen LogP) is 5.06. The van der Waals surface area contributed by atoms with Crippen molar-refractivity contribution in [3.8, 4) is 11.3 Å². The van der Waals surface area contributed by atoms with E-state index in [1.807, 2.05) is 35.2 Å². The first-order valence-electron chi connectivity index (χ1n) is 8.45. The fourth-order valence-corrected chi connectivity index (χ4v) is 3.43. The highest BCUT2D eigenvalue weighted by molar-refractivity contribution is 5.92. The quantitative estimate of drug-likeness (QED) is 0.670. The van der Waals surface area contributed by atoms with Crippen molar-refractivity contribution in [2.45, 2.75) is 18.9 Å². The summed E-state index contributed by atoms with van der Waals surface area (Å²) in [7, 11) is 0. The Morgan fingerprint density at radius 3 is 2.56 bits per heavy atom. The minimum atomic E-state index is -0.362. The maximum absolute atomic E-state index is 13.9. The van der Waals surface area contributed by atoms with Gasteiger partial charge >= 0.3 is 0 Å². The third-order valence-corrected chi connectivity index (χ3v) is 4.65. The summed E-state index contributed by atoms with van der Waals surface area (Å²) in [6.45, 7) is 0.703. The van der Waals surface area contributed by atoms with E-state index in [2.05, 4.69) is 0 Å². The molecule has 1 amide bonds. The lowest BCUT2D eigenvalue weighted by atomic mass is 10.0. The van der Waals surface area contributed by atoms with Crippen LogP contribution in [0.25, 0.3) is 11.3 Å². The van der Waals surface area contributed by atoms with E-state index < -0.39 is 0 Å². The molecule has 1 saturated heterocycles. The largest absolute Gasteiger partial charge is 0.451 e. The molecule has 0 bridgehead atoms. The Balaban J connectivity index is 1.60. The summed E-state index contributed by atoms with van der Waals surface area (Å²) in [5.41, 5.74) is 1.50. The molecular formula is C21H18FNO2. The van der Waals surface area contributed by atoms with Gasteiger partial charge in [-0.2, -0.15) is 0 Å². The van der Waals surface area contributed by atoms with Crippen LogP contribution in [0, 0.1) is 5.82 Å². The van der Waals surface area contributed by atoms with Crippen molar-refractivity contribution in [3.63, 3.8) is 0 Å². The minimum Gasteiger partial charge on any atom is -0.451 e. The SMILES string of the molecule is O=C(c1ccc(-c2ccccc2F)o1)N1CCC[C@@H]1c1ccccc1. The zero-order valence-electron chi connectivity index (χ0n) is 13.7. The van der Waals surface area contributed by atoms with Gasteiger partial charge in [0.05, 0.1) is 11.6 Å². The fourth-order valence-electron chi connectivity index (χ4n) is 3.43. The molecule has 2 aromatic carbocycles. The summed E-state index contributed by atoms with van der Waals surface area (Å²) in [4.78, 5) is 14.7. The van der Waals surface area contributed by atoms with Gasteiger partial charge in [-0.3, -0.25) is 4.79 Å². The van der Waals surface area contributed by atoms with Gasteiger partial charge in [-0.1, -0.05) is 42.5 Å². The molecule has 0 saturated carbocycles. The van der Waals surface area contributed by atoms with Crippen molar-refractivity contribution in [2.75, 3.05) is 6.54 Å². The maximum Gasteiger partial charge on any atom is 0.290 e. The molecule has 0 aliphatic carbocycles. The van der Waals surface area contributed by atoms with E-state index in [-0.39, 0.29) is 23.5 Å². The van der Waals surface area contributed by atoms with Gasteiger partial charge in [0.25, 0.3) is 5.91 Å². The summed E-state index contributed by atoms with van der Waals surface area (Å²) in [6.07, 6.45) is 1.91. The van der Waals surface area contributed by atoms with Crippen LogP contribution < -0.4 is 0 Å². The van der Waals surface area contributed by atoms with E-state index >= 15 is 0 Å². The maximum atomic E-state index is 13.9. The number of halogens is 1. The number of hydrogen-bond acceptors (Lipinski definition) is 2. The van der Waals surface area contributed by atoms with Crippen molar-refractivity contribution in [2.24, 2.45) is 0 Å². The Labute approximate surface area is 145 Å². The van der Waals surface area contributed by atoms with Gasteiger partial charge in [0.2, 0.25) is 0 Å². The summed E-state index contributed by atoms with van der Waals surface area (Å²) in [5.74, 6) is 0.117. The Hall–Kier alpha value is -2.88. The molecule has 126 valence electrons. The monoisotopic (exact) mass is 335 g/mol. The Bertz CT molecular complexity index is 888. The van der Waals surface area contributed by atoms with E-state index in [1.165, 1.54) is 6.07 Å². The molecule has 1 aliphatic heterocycles. The first-order chi connectivity index (χ1) is 12.2. The van der Waals surface area contributed by atoms with Crippen molar-refractivity contribution in [1.29, 1.82) is 0 Å². The second-order valence-electron chi connectivity index (χ2n) is 6.21. The number of rotatable bonds is 3. The second kappa shape index (κ2) is 6.55. The van der Waals surface area contributed by atoms with Crippen LogP contribution in [0.3, 0.4) is 0 Å². The number of benzene rings is 2. The lowest BCUT2D eigenvalue weighted by Crippen LogP contribution is -2.30. The van der Waals surface area contributed by atoms with Crippen LogP contribution in [0.4, 0.5) is 4.39 Å². The first kappa shape index (κ1) is 15.6. The van der Waals surface area contributed by atoms with E-state index in [0.717, 1.165) is 18.4 Å². The third kappa shape index (κ3) is 2.95. The van der Waals surface area contributed by atoms with Gasteiger partial charge in [0.1, 0.15) is 11.6 Å². The van der Waals surface area contributed by atoms with Gasteiger partial charge in [-0.05, 0) is 42.7 Å². The smallest absolute Gasteiger partial charge is 0.290 e. The summed E-state index contributed by atoms with van der Waals surface area (Å²) in [5, 5.41) is 0. The summed E-state index contributed by atoms with van der Waals surface area (Å²) >= 11 is 0. The number of carbonyl (C=O) groups is 1. The zero-order valence-corrected chi connectivity index (χ0v) is 13.7. The minimum absolute atomic E-state index is 0.0655. The highest BCUT2D eigenvalue weighted by Crippen LogP contribution is 2.34. The lowest BCUT2D eigenvalue weighted by molar-refractivity contribution is 0.0704. The highest BCUT2D eigenvalue weighted by Gasteiger charge is 2.32. The van der Waals surface area contributed by atoms with Crippen molar-refractivity contribution >= 4 is 5.91 Å². The number of hydrogen-bond donors (Lipinski definition) is 0. The zero-order chi connectivity index (χ0) is 17.2. The topological polar surface area (TPSA) is 33.5 Å². The highest BCUT2D eigenvalue weighted by atomic mass is 19.1. The Kier molecular flexibility index (Phi) is 4.10. The van der Waals surface area contributed by atoms with E-state index in [4.69, 9.17) is 4.42 Å². The van der Waals surface area contributed by atoms with Crippen LogP contribution in [-0.4, -0.2) is 17.4 Å². The van der Waals surface area contributed by atoms with Gasteiger partial charge in [-0.15, -0.1) is 0 Å². The molecule has 2 heterocycles. The predicted molar refractivity (Wildman–Crippen MR) is 93.6 cm³/mol. The van der Waals surface area contributed by atoms with E-state index in [0.29, 0.717) is 17.9 Å². The molecule has 25 heavy (non-hydrogen) atoms. The number of likely N-dealkylation sites (tertiary alicyclic amines) is 1. The molecule has 3 aromatic rings. The normalized spacial score (nSPS) is 17.0. The molecule has 0 N–H and O–H groups in total. The van der Waals surface area contributed by atoms with E-state index in [9.17, 15) is 9.18 Å². The number of nitrogens with zero attached hydrogens (tertiary/aromatic N) is 1. The Morgan fingerprint density at radius 1 is 1.00 bits per heavy atom. The molecule has 1 atom stereocenters. The van der Waals surface area contributed by atoms with Gasteiger partial charge in [0.15, 0.2) is 5.76 Å². The summed E-state index contributed by atoms with van der Waals surface area (Å²) in [6, 6.07) is 19.8. The lowest BCUT2D eigenvalue weighted by Gasteiger charge is -2.24. The molecule has 4 heteroatoms. The molecule has 1 aromatic heterocycles. The third-order valence-electron chi connectivity index (χ3n) is 4.65. The molecular weight excluding hydrogens is 317 g/mol. The molecule has 0 unspecified atom stereocenters. The van der Waals surface area contributed by atoms with Crippen molar-refractivity contribution < 1.29 is 13.6 Å². The van der Waals surface area contributed by atoms with Crippen LogP contribution in [0.5, 0.6) is 0 Å². The molecule has 4 rings (SSSR count).